The first-order valence-corrected chi connectivity index (χ1v) is 8.16. The van der Waals surface area contributed by atoms with Crippen LogP contribution in [0, 0.1) is 5.92 Å². The standard InChI is InChI=1S/C16H27NO4/c1-4-6-8-16(9-7-5-2)17-14(12(19)10-21-16)13(11(3)18)15(17)20/h11,13-14,18H,4-10H2,1-3H3/t11-,13-,14-/m1/s1. The van der Waals surface area contributed by atoms with Crippen LogP contribution in [0.2, 0.25) is 0 Å². The molecule has 2 aliphatic heterocycles. The number of aliphatic hydroxyl groups excluding tert-OH is 1. The second-order valence-electron chi connectivity index (χ2n) is 6.33. The SMILES string of the molecule is CCCCC1(CCCC)OCC(=O)[C@@H]2[C@@H]([C@@H](C)O)C(=O)N21. The van der Waals surface area contributed by atoms with Crippen molar-refractivity contribution in [2.24, 2.45) is 5.92 Å². The number of nitrogens with zero attached hydrogens (tertiary/aromatic N) is 1. The number of ketones is 1. The van der Waals surface area contributed by atoms with Gasteiger partial charge in [0.1, 0.15) is 18.4 Å². The van der Waals surface area contributed by atoms with Crippen molar-refractivity contribution in [3.8, 4) is 0 Å². The average molecular weight is 297 g/mol. The van der Waals surface area contributed by atoms with Crippen LogP contribution in [0.5, 0.6) is 0 Å². The Bertz CT molecular complexity index is 399. The molecular weight excluding hydrogens is 270 g/mol. The van der Waals surface area contributed by atoms with E-state index in [0.717, 1.165) is 38.5 Å². The van der Waals surface area contributed by atoms with Crippen molar-refractivity contribution in [3.63, 3.8) is 0 Å². The Kier molecular flexibility index (Phi) is 5.04. The molecule has 0 radical (unpaired) electrons. The molecule has 0 aliphatic carbocycles. The zero-order valence-corrected chi connectivity index (χ0v) is 13.3. The van der Waals surface area contributed by atoms with E-state index in [0.29, 0.717) is 0 Å². The molecule has 5 nitrogen and oxygen atoms in total. The van der Waals surface area contributed by atoms with E-state index >= 15 is 0 Å². The maximum Gasteiger partial charge on any atom is 0.233 e. The van der Waals surface area contributed by atoms with Crippen LogP contribution in [0.15, 0.2) is 0 Å². The van der Waals surface area contributed by atoms with Crippen LogP contribution in [0.4, 0.5) is 0 Å². The predicted molar refractivity (Wildman–Crippen MR) is 78.5 cm³/mol. The third-order valence-corrected chi connectivity index (χ3v) is 4.75. The van der Waals surface area contributed by atoms with Crippen LogP contribution in [-0.4, -0.2) is 46.2 Å². The van der Waals surface area contributed by atoms with E-state index in [1.807, 2.05) is 0 Å². The number of Topliss-reactive ketones (excluding diaryl/α,β-unsaturated/α-hetero) is 1. The van der Waals surface area contributed by atoms with Gasteiger partial charge in [-0.2, -0.15) is 0 Å². The van der Waals surface area contributed by atoms with Crippen LogP contribution in [0.25, 0.3) is 0 Å². The van der Waals surface area contributed by atoms with E-state index in [-0.39, 0.29) is 18.3 Å². The second-order valence-corrected chi connectivity index (χ2v) is 6.33. The van der Waals surface area contributed by atoms with Crippen molar-refractivity contribution >= 4 is 11.7 Å². The molecule has 0 aromatic rings. The summed E-state index contributed by atoms with van der Waals surface area (Å²) in [7, 11) is 0. The number of β-lactam (4-membered cyclic amide) rings is 1. The third-order valence-electron chi connectivity index (χ3n) is 4.75. The van der Waals surface area contributed by atoms with Crippen LogP contribution in [-0.2, 0) is 14.3 Å². The van der Waals surface area contributed by atoms with Gasteiger partial charge in [0.25, 0.3) is 0 Å². The first-order valence-electron chi connectivity index (χ1n) is 8.16. The highest BCUT2D eigenvalue weighted by Crippen LogP contribution is 2.45. The minimum atomic E-state index is -0.782. The van der Waals surface area contributed by atoms with Gasteiger partial charge in [0.2, 0.25) is 5.91 Å². The normalized spacial score (nSPS) is 29.0. The van der Waals surface area contributed by atoms with Gasteiger partial charge in [-0.25, -0.2) is 0 Å². The number of rotatable bonds is 7. The smallest absolute Gasteiger partial charge is 0.233 e. The fourth-order valence-corrected chi connectivity index (χ4v) is 3.56. The van der Waals surface area contributed by atoms with Crippen LogP contribution < -0.4 is 0 Å². The minimum Gasteiger partial charge on any atom is -0.392 e. The number of carbonyl (C=O) groups is 2. The molecule has 1 N–H and O–H groups in total. The summed E-state index contributed by atoms with van der Waals surface area (Å²) < 4.78 is 5.89. The maximum atomic E-state index is 12.5. The number of aliphatic hydroxyl groups is 1. The summed E-state index contributed by atoms with van der Waals surface area (Å²) in [5.74, 6) is -0.789. The Hall–Kier alpha value is -0.940. The van der Waals surface area contributed by atoms with Crippen molar-refractivity contribution < 1.29 is 19.4 Å². The lowest BCUT2D eigenvalue weighted by Crippen LogP contribution is -2.77. The van der Waals surface area contributed by atoms with Crippen LogP contribution >= 0.6 is 0 Å². The van der Waals surface area contributed by atoms with Gasteiger partial charge in [0.05, 0.1) is 12.0 Å². The van der Waals surface area contributed by atoms with E-state index in [1.54, 1.807) is 11.8 Å². The van der Waals surface area contributed by atoms with Crippen molar-refractivity contribution in [2.75, 3.05) is 6.61 Å². The highest BCUT2D eigenvalue weighted by molar-refractivity contribution is 6.02. The van der Waals surface area contributed by atoms with Crippen molar-refractivity contribution in [2.45, 2.75) is 77.2 Å². The van der Waals surface area contributed by atoms with Crippen LogP contribution in [0.1, 0.15) is 59.3 Å². The Morgan fingerprint density at radius 1 is 1.29 bits per heavy atom. The largest absolute Gasteiger partial charge is 0.392 e. The van der Waals surface area contributed by atoms with E-state index in [2.05, 4.69) is 13.8 Å². The molecule has 2 rings (SSSR count). The Balaban J connectivity index is 2.25. The van der Waals surface area contributed by atoms with E-state index in [9.17, 15) is 14.7 Å². The number of carbonyl (C=O) groups excluding carboxylic acids is 2. The van der Waals surface area contributed by atoms with Gasteiger partial charge in [-0.05, 0) is 32.6 Å². The Labute approximate surface area is 126 Å². The molecule has 0 aromatic carbocycles. The summed E-state index contributed by atoms with van der Waals surface area (Å²) in [6, 6.07) is -0.486. The summed E-state index contributed by atoms with van der Waals surface area (Å²) in [6.45, 7) is 5.86. The van der Waals surface area contributed by atoms with Gasteiger partial charge in [-0.15, -0.1) is 0 Å². The maximum absolute atomic E-state index is 12.5. The summed E-state index contributed by atoms with van der Waals surface area (Å²) in [4.78, 5) is 26.2. The average Bonchev–Trinajstić information content (AvgIpc) is 2.44. The quantitative estimate of drug-likeness (QED) is 0.729. The van der Waals surface area contributed by atoms with Crippen LogP contribution in [0.3, 0.4) is 0 Å². The number of amides is 1. The summed E-state index contributed by atoms with van der Waals surface area (Å²) in [6.07, 6.45) is 4.74. The molecule has 2 fully saturated rings. The van der Waals surface area contributed by atoms with Crippen molar-refractivity contribution in [3.05, 3.63) is 0 Å². The number of unbranched alkanes of at least 4 members (excludes halogenated alkanes) is 2. The summed E-state index contributed by atoms with van der Waals surface area (Å²) >= 11 is 0. The Morgan fingerprint density at radius 2 is 1.86 bits per heavy atom. The predicted octanol–water partition coefficient (Wildman–Crippen LogP) is 1.87. The number of fused-ring (bicyclic) bond motifs is 1. The fraction of sp³-hybridized carbons (Fsp3) is 0.875. The molecule has 2 saturated heterocycles. The topological polar surface area (TPSA) is 66.8 Å². The molecule has 2 heterocycles. The molecule has 0 saturated carbocycles. The molecule has 0 bridgehead atoms. The lowest BCUT2D eigenvalue weighted by Gasteiger charge is -2.59. The summed E-state index contributed by atoms with van der Waals surface area (Å²) in [5, 5.41) is 9.78. The summed E-state index contributed by atoms with van der Waals surface area (Å²) in [5.41, 5.74) is -0.632. The molecule has 3 atom stereocenters. The second kappa shape index (κ2) is 6.44. The molecule has 0 aromatic heterocycles. The molecule has 5 heteroatoms. The molecule has 2 aliphatic rings. The van der Waals surface area contributed by atoms with E-state index in [1.165, 1.54) is 0 Å². The lowest BCUT2D eigenvalue weighted by atomic mass is 9.76. The van der Waals surface area contributed by atoms with Crippen molar-refractivity contribution in [1.82, 2.24) is 4.90 Å². The molecule has 1 amide bonds. The first kappa shape index (κ1) is 16.4. The zero-order chi connectivity index (χ0) is 15.6. The first-order chi connectivity index (χ1) is 9.98. The van der Waals surface area contributed by atoms with Gasteiger partial charge in [0.15, 0.2) is 5.78 Å². The lowest BCUT2D eigenvalue weighted by molar-refractivity contribution is -0.248. The third kappa shape index (κ3) is 2.73. The highest BCUT2D eigenvalue weighted by atomic mass is 16.5. The Morgan fingerprint density at radius 3 is 2.33 bits per heavy atom. The van der Waals surface area contributed by atoms with Gasteiger partial charge < -0.3 is 14.7 Å². The van der Waals surface area contributed by atoms with E-state index in [4.69, 9.17) is 4.74 Å². The van der Waals surface area contributed by atoms with Gasteiger partial charge >= 0.3 is 0 Å². The van der Waals surface area contributed by atoms with Gasteiger partial charge in [-0.3, -0.25) is 9.59 Å². The molecular formula is C16H27NO4. The number of hydrogen-bond acceptors (Lipinski definition) is 4. The van der Waals surface area contributed by atoms with Crippen molar-refractivity contribution in [1.29, 1.82) is 0 Å². The molecule has 120 valence electrons. The van der Waals surface area contributed by atoms with Gasteiger partial charge in [-0.1, -0.05) is 26.7 Å². The highest BCUT2D eigenvalue weighted by Gasteiger charge is 2.62. The van der Waals surface area contributed by atoms with E-state index < -0.39 is 23.8 Å². The molecule has 0 unspecified atom stereocenters. The fourth-order valence-electron chi connectivity index (χ4n) is 3.56. The number of ether oxygens (including phenoxy) is 1. The number of hydrogen-bond donors (Lipinski definition) is 1. The molecule has 21 heavy (non-hydrogen) atoms. The zero-order valence-electron chi connectivity index (χ0n) is 13.3. The minimum absolute atomic E-state index is 0.0606. The monoisotopic (exact) mass is 297 g/mol. The molecule has 0 spiro atoms. The van der Waals surface area contributed by atoms with Gasteiger partial charge in [0, 0.05) is 0 Å².